The van der Waals surface area contributed by atoms with Crippen LogP contribution in [0.15, 0.2) is 28.3 Å². The molecule has 0 spiro atoms. The Bertz CT molecular complexity index is 500. The number of aromatic nitrogens is 2. The van der Waals surface area contributed by atoms with Crippen LogP contribution in [0.2, 0.25) is 0 Å². The lowest BCUT2D eigenvalue weighted by Crippen LogP contribution is -2.21. The number of thiophene rings is 1. The highest BCUT2D eigenvalue weighted by molar-refractivity contribution is 9.10. The molecule has 0 aliphatic heterocycles. The molecule has 0 saturated carbocycles. The first-order chi connectivity index (χ1) is 8.70. The van der Waals surface area contributed by atoms with Crippen molar-refractivity contribution in [2.24, 2.45) is 0 Å². The fourth-order valence-electron chi connectivity index (χ4n) is 1.52. The summed E-state index contributed by atoms with van der Waals surface area (Å²) in [5.74, 6) is 0.683. The van der Waals surface area contributed by atoms with Crippen LogP contribution < -0.4 is 4.90 Å². The zero-order valence-electron chi connectivity index (χ0n) is 10.0. The molecule has 0 bridgehead atoms. The number of rotatable bonds is 5. The molecule has 0 amide bonds. The van der Waals surface area contributed by atoms with Crippen molar-refractivity contribution >= 4 is 33.2 Å². The highest BCUT2D eigenvalue weighted by atomic mass is 79.9. The quantitative estimate of drug-likeness (QED) is 0.917. The van der Waals surface area contributed by atoms with Crippen LogP contribution in [0.3, 0.4) is 0 Å². The number of aliphatic hydroxyl groups excluding tert-OH is 1. The Labute approximate surface area is 118 Å². The second-order valence-electron chi connectivity index (χ2n) is 3.90. The molecule has 4 nitrogen and oxygen atoms in total. The Balaban J connectivity index is 2.10. The fourth-order valence-corrected chi connectivity index (χ4v) is 2.92. The third-order valence-electron chi connectivity index (χ3n) is 2.48. The predicted octanol–water partition coefficient (Wildman–Crippen LogP) is 2.79. The zero-order chi connectivity index (χ0) is 13.0. The number of anilines is 1. The third kappa shape index (κ3) is 3.28. The first kappa shape index (κ1) is 13.5. The summed E-state index contributed by atoms with van der Waals surface area (Å²) in [7, 11) is 1.92. The van der Waals surface area contributed by atoms with Crippen molar-refractivity contribution in [1.29, 1.82) is 0 Å². The molecule has 2 aromatic heterocycles. The smallest absolute Gasteiger partial charge is 0.225 e. The van der Waals surface area contributed by atoms with E-state index in [4.69, 9.17) is 5.11 Å². The second-order valence-corrected chi connectivity index (χ2v) is 5.73. The number of nitrogens with zero attached hydrogens (tertiary/aromatic N) is 3. The fraction of sp³-hybridized carbons (Fsp3) is 0.333. The number of hydrogen-bond donors (Lipinski definition) is 1. The van der Waals surface area contributed by atoms with Crippen LogP contribution in [-0.4, -0.2) is 35.3 Å². The van der Waals surface area contributed by atoms with E-state index in [2.05, 4.69) is 32.0 Å². The van der Waals surface area contributed by atoms with E-state index in [0.29, 0.717) is 5.95 Å². The second kappa shape index (κ2) is 6.26. The Morgan fingerprint density at radius 2 is 2.11 bits per heavy atom. The van der Waals surface area contributed by atoms with E-state index in [1.54, 1.807) is 11.3 Å². The van der Waals surface area contributed by atoms with Crippen LogP contribution in [0.4, 0.5) is 5.95 Å². The van der Waals surface area contributed by atoms with Crippen molar-refractivity contribution in [3.8, 4) is 10.4 Å². The molecular formula is C12H14BrN3OS. The lowest BCUT2D eigenvalue weighted by molar-refractivity contribution is 0.290. The molecule has 0 aliphatic rings. The maximum atomic E-state index is 8.79. The van der Waals surface area contributed by atoms with Gasteiger partial charge in [-0.25, -0.2) is 9.97 Å². The topological polar surface area (TPSA) is 49.2 Å². The van der Waals surface area contributed by atoms with Gasteiger partial charge in [-0.3, -0.25) is 0 Å². The molecule has 0 fully saturated rings. The number of aliphatic hydroxyl groups is 1. The molecule has 2 aromatic rings. The summed E-state index contributed by atoms with van der Waals surface area (Å²) < 4.78 is 1.08. The van der Waals surface area contributed by atoms with E-state index < -0.39 is 0 Å². The Morgan fingerprint density at radius 1 is 1.39 bits per heavy atom. The molecule has 0 atom stereocenters. The molecule has 2 heterocycles. The summed E-state index contributed by atoms with van der Waals surface area (Å²) >= 11 is 5.09. The molecule has 96 valence electrons. The lowest BCUT2D eigenvalue weighted by atomic mass is 10.3. The minimum Gasteiger partial charge on any atom is -0.396 e. The normalized spacial score (nSPS) is 10.6. The summed E-state index contributed by atoms with van der Waals surface area (Å²) in [5, 5.41) is 10.8. The molecule has 18 heavy (non-hydrogen) atoms. The van der Waals surface area contributed by atoms with Gasteiger partial charge in [0.15, 0.2) is 0 Å². The van der Waals surface area contributed by atoms with Gasteiger partial charge in [-0.2, -0.15) is 0 Å². The Kier molecular flexibility index (Phi) is 4.68. The number of halogens is 1. The Hall–Kier alpha value is -0.980. The van der Waals surface area contributed by atoms with E-state index in [1.165, 1.54) is 0 Å². The van der Waals surface area contributed by atoms with E-state index in [1.807, 2.05) is 29.7 Å². The minimum absolute atomic E-state index is 0.186. The third-order valence-corrected chi connectivity index (χ3v) is 4.22. The average Bonchev–Trinajstić information content (AvgIpc) is 2.83. The van der Waals surface area contributed by atoms with Gasteiger partial charge in [-0.15, -0.1) is 11.3 Å². The molecule has 0 unspecified atom stereocenters. The van der Waals surface area contributed by atoms with Gasteiger partial charge in [0.05, 0.1) is 0 Å². The van der Waals surface area contributed by atoms with Gasteiger partial charge in [0.1, 0.15) is 0 Å². The highest BCUT2D eigenvalue weighted by Gasteiger charge is 2.06. The van der Waals surface area contributed by atoms with E-state index >= 15 is 0 Å². The molecule has 0 radical (unpaired) electrons. The van der Waals surface area contributed by atoms with Crippen molar-refractivity contribution in [3.63, 3.8) is 0 Å². The van der Waals surface area contributed by atoms with Gasteiger partial charge < -0.3 is 10.0 Å². The van der Waals surface area contributed by atoms with Crippen molar-refractivity contribution in [3.05, 3.63) is 28.3 Å². The van der Waals surface area contributed by atoms with Crippen LogP contribution in [0, 0.1) is 0 Å². The minimum atomic E-state index is 0.186. The summed E-state index contributed by atoms with van der Waals surface area (Å²) in [4.78, 5) is 11.8. The van der Waals surface area contributed by atoms with Gasteiger partial charge in [-0.1, -0.05) is 0 Å². The van der Waals surface area contributed by atoms with Crippen LogP contribution >= 0.6 is 27.3 Å². The molecular weight excluding hydrogens is 314 g/mol. The summed E-state index contributed by atoms with van der Waals surface area (Å²) in [6.45, 7) is 0.937. The van der Waals surface area contributed by atoms with E-state index in [-0.39, 0.29) is 6.61 Å². The van der Waals surface area contributed by atoms with Crippen LogP contribution in [0.5, 0.6) is 0 Å². The van der Waals surface area contributed by atoms with E-state index in [0.717, 1.165) is 27.9 Å². The molecule has 0 saturated heterocycles. The highest BCUT2D eigenvalue weighted by Crippen LogP contribution is 2.29. The van der Waals surface area contributed by atoms with Crippen molar-refractivity contribution < 1.29 is 5.11 Å². The van der Waals surface area contributed by atoms with Crippen LogP contribution in [0.25, 0.3) is 10.4 Å². The van der Waals surface area contributed by atoms with Gasteiger partial charge >= 0.3 is 0 Å². The zero-order valence-corrected chi connectivity index (χ0v) is 12.4. The molecule has 0 aromatic carbocycles. The van der Waals surface area contributed by atoms with Gasteiger partial charge in [0.2, 0.25) is 5.95 Å². The van der Waals surface area contributed by atoms with Crippen LogP contribution in [-0.2, 0) is 0 Å². The van der Waals surface area contributed by atoms with Crippen molar-refractivity contribution in [1.82, 2.24) is 9.97 Å². The van der Waals surface area contributed by atoms with Gasteiger partial charge in [0, 0.05) is 52.9 Å². The average molecular weight is 328 g/mol. The molecule has 0 aliphatic carbocycles. The Morgan fingerprint density at radius 3 is 2.67 bits per heavy atom. The first-order valence-electron chi connectivity index (χ1n) is 5.59. The lowest BCUT2D eigenvalue weighted by Gasteiger charge is -2.15. The van der Waals surface area contributed by atoms with Gasteiger partial charge in [0.25, 0.3) is 0 Å². The standard InChI is InChI=1S/C12H14BrN3OS/c1-16(3-2-4-17)12-14-6-9(7-15-12)11-5-10(13)8-18-11/h5-8,17H,2-4H2,1H3. The number of hydrogen-bond acceptors (Lipinski definition) is 5. The predicted molar refractivity (Wildman–Crippen MR) is 78.0 cm³/mol. The summed E-state index contributed by atoms with van der Waals surface area (Å²) in [5.41, 5.74) is 1.02. The van der Waals surface area contributed by atoms with E-state index in [9.17, 15) is 0 Å². The van der Waals surface area contributed by atoms with Gasteiger partial charge in [-0.05, 0) is 28.4 Å². The first-order valence-corrected chi connectivity index (χ1v) is 7.26. The molecule has 6 heteroatoms. The van der Waals surface area contributed by atoms with Crippen molar-refractivity contribution in [2.75, 3.05) is 25.1 Å². The SMILES string of the molecule is CN(CCCO)c1ncc(-c2cc(Br)cs2)cn1. The van der Waals surface area contributed by atoms with Crippen LogP contribution in [0.1, 0.15) is 6.42 Å². The van der Waals surface area contributed by atoms with Crippen molar-refractivity contribution in [2.45, 2.75) is 6.42 Å². The molecule has 2 rings (SSSR count). The maximum absolute atomic E-state index is 8.79. The maximum Gasteiger partial charge on any atom is 0.225 e. The summed E-state index contributed by atoms with van der Waals surface area (Å²) in [6, 6.07) is 2.05. The monoisotopic (exact) mass is 327 g/mol. The summed E-state index contributed by atoms with van der Waals surface area (Å²) in [6.07, 6.45) is 4.38. The molecule has 1 N–H and O–H groups in total. The largest absolute Gasteiger partial charge is 0.396 e.